The molecule has 0 aromatic heterocycles. The molecule has 0 saturated heterocycles. The molecule has 1 aromatic rings. The molecular weight excluding hydrogens is 378 g/mol. The number of benzene rings is 1. The Morgan fingerprint density at radius 1 is 1.22 bits per heavy atom. The van der Waals surface area contributed by atoms with Crippen LogP contribution in [0.5, 0.6) is 5.75 Å². The van der Waals surface area contributed by atoms with Gasteiger partial charge in [-0.25, -0.2) is 0 Å². The summed E-state index contributed by atoms with van der Waals surface area (Å²) in [5.41, 5.74) is 1.24. The number of rotatable bonds is 8. The normalized spacial score (nSPS) is 10.7. The van der Waals surface area contributed by atoms with Crippen LogP contribution in [0.2, 0.25) is 0 Å². The summed E-state index contributed by atoms with van der Waals surface area (Å²) in [7, 11) is 0. The third-order valence-electron chi connectivity index (χ3n) is 2.32. The summed E-state index contributed by atoms with van der Waals surface area (Å²) in [6.45, 7) is 6.85. The summed E-state index contributed by atoms with van der Waals surface area (Å²) in [6, 6.07) is 4.21. The molecule has 18 heavy (non-hydrogen) atoms. The van der Waals surface area contributed by atoms with Crippen LogP contribution in [0, 0.1) is 0 Å². The van der Waals surface area contributed by atoms with Gasteiger partial charge in [0.15, 0.2) is 0 Å². The van der Waals surface area contributed by atoms with E-state index in [0.29, 0.717) is 0 Å². The highest BCUT2D eigenvalue weighted by Gasteiger charge is 2.08. The minimum Gasteiger partial charge on any atom is -0.490 e. The van der Waals surface area contributed by atoms with Gasteiger partial charge in [0.2, 0.25) is 0 Å². The van der Waals surface area contributed by atoms with Crippen molar-refractivity contribution in [1.29, 1.82) is 0 Å². The van der Waals surface area contributed by atoms with Crippen molar-refractivity contribution in [3.05, 3.63) is 26.6 Å². The summed E-state index contributed by atoms with van der Waals surface area (Å²) >= 11 is 9.03. The molecule has 1 rings (SSSR count). The molecule has 0 amide bonds. The molecule has 0 unspecified atom stereocenters. The molecular formula is C13H19Br2NOS. The van der Waals surface area contributed by atoms with Gasteiger partial charge in [-0.05, 0) is 61.9 Å². The number of halogens is 2. The van der Waals surface area contributed by atoms with Gasteiger partial charge in [-0.1, -0.05) is 13.8 Å². The van der Waals surface area contributed by atoms with Crippen molar-refractivity contribution in [2.75, 3.05) is 24.7 Å². The predicted octanol–water partition coefficient (Wildman–Crippen LogP) is 4.45. The summed E-state index contributed by atoms with van der Waals surface area (Å²) in [5, 5.41) is 3.31. The first-order chi connectivity index (χ1) is 8.69. The van der Waals surface area contributed by atoms with E-state index in [9.17, 15) is 0 Å². The zero-order chi connectivity index (χ0) is 13.4. The van der Waals surface area contributed by atoms with E-state index in [1.807, 2.05) is 11.8 Å². The lowest BCUT2D eigenvalue weighted by atomic mass is 10.2. The van der Waals surface area contributed by atoms with E-state index in [4.69, 9.17) is 4.74 Å². The Balaban J connectivity index is 2.62. The molecule has 0 fully saturated rings. The van der Waals surface area contributed by atoms with Crippen molar-refractivity contribution in [2.45, 2.75) is 20.4 Å². The largest absolute Gasteiger partial charge is 0.490 e. The monoisotopic (exact) mass is 395 g/mol. The van der Waals surface area contributed by atoms with E-state index in [1.54, 1.807) is 0 Å². The number of nitrogens with one attached hydrogen (secondary N) is 1. The lowest BCUT2D eigenvalue weighted by Gasteiger charge is -2.12. The lowest BCUT2D eigenvalue weighted by Crippen LogP contribution is -2.12. The molecule has 0 spiro atoms. The van der Waals surface area contributed by atoms with Crippen LogP contribution in [0.4, 0.5) is 0 Å². The minimum atomic E-state index is 0.738. The quantitative estimate of drug-likeness (QED) is 0.655. The fourth-order valence-corrected chi connectivity index (χ4v) is 3.47. The van der Waals surface area contributed by atoms with Gasteiger partial charge in [0.05, 0.1) is 15.6 Å². The first kappa shape index (κ1) is 16.3. The average Bonchev–Trinajstić information content (AvgIpc) is 2.34. The van der Waals surface area contributed by atoms with E-state index in [-0.39, 0.29) is 0 Å². The molecule has 0 bridgehead atoms. The number of thioether (sulfide) groups is 1. The van der Waals surface area contributed by atoms with Crippen molar-refractivity contribution >= 4 is 43.6 Å². The lowest BCUT2D eigenvalue weighted by molar-refractivity contribution is 0.339. The Morgan fingerprint density at radius 3 is 2.44 bits per heavy atom. The maximum Gasteiger partial charge on any atom is 0.147 e. The van der Waals surface area contributed by atoms with Crippen LogP contribution in [0.3, 0.4) is 0 Å². The molecule has 102 valence electrons. The van der Waals surface area contributed by atoms with Crippen molar-refractivity contribution in [2.24, 2.45) is 0 Å². The second-order valence-corrected chi connectivity index (χ2v) is 6.82. The van der Waals surface area contributed by atoms with E-state index in [2.05, 4.69) is 63.2 Å². The van der Waals surface area contributed by atoms with E-state index in [0.717, 1.165) is 45.9 Å². The van der Waals surface area contributed by atoms with E-state index >= 15 is 0 Å². The van der Waals surface area contributed by atoms with Gasteiger partial charge in [0.1, 0.15) is 5.75 Å². The highest BCUT2D eigenvalue weighted by Crippen LogP contribution is 2.34. The topological polar surface area (TPSA) is 21.3 Å². The minimum absolute atomic E-state index is 0.738. The average molecular weight is 397 g/mol. The second-order valence-electron chi connectivity index (χ2n) is 3.71. The number of hydrogen-bond donors (Lipinski definition) is 1. The van der Waals surface area contributed by atoms with E-state index in [1.165, 1.54) is 5.56 Å². The number of ether oxygens (including phenoxy) is 1. The molecule has 0 heterocycles. The van der Waals surface area contributed by atoms with Crippen molar-refractivity contribution in [3.8, 4) is 5.75 Å². The summed E-state index contributed by atoms with van der Waals surface area (Å²) < 4.78 is 7.81. The van der Waals surface area contributed by atoms with Crippen molar-refractivity contribution in [3.63, 3.8) is 0 Å². The van der Waals surface area contributed by atoms with Crippen LogP contribution in [0.15, 0.2) is 21.1 Å². The maximum absolute atomic E-state index is 5.79. The van der Waals surface area contributed by atoms with Gasteiger partial charge in [-0.15, -0.1) is 0 Å². The Kier molecular flexibility index (Phi) is 8.39. The SMILES string of the molecule is CCNCc1cc(Br)c(OCCSCC)c(Br)c1. The summed E-state index contributed by atoms with van der Waals surface area (Å²) in [4.78, 5) is 0. The molecule has 1 aromatic carbocycles. The standard InChI is InChI=1S/C13H19Br2NOS/c1-3-16-9-10-7-11(14)13(12(15)8-10)17-5-6-18-4-2/h7-8,16H,3-6,9H2,1-2H3. The Morgan fingerprint density at radius 2 is 1.89 bits per heavy atom. The molecule has 0 aliphatic carbocycles. The Labute approximate surface area is 131 Å². The van der Waals surface area contributed by atoms with Crippen LogP contribution in [-0.4, -0.2) is 24.7 Å². The zero-order valence-electron chi connectivity index (χ0n) is 10.8. The molecule has 1 N–H and O–H groups in total. The molecule has 0 saturated carbocycles. The fourth-order valence-electron chi connectivity index (χ4n) is 1.47. The predicted molar refractivity (Wildman–Crippen MR) is 87.7 cm³/mol. The fraction of sp³-hybridized carbons (Fsp3) is 0.538. The van der Waals surface area contributed by atoms with E-state index < -0.39 is 0 Å². The number of hydrogen-bond acceptors (Lipinski definition) is 3. The first-order valence-corrected chi connectivity index (χ1v) is 8.82. The van der Waals surface area contributed by atoms with Gasteiger partial charge in [-0.3, -0.25) is 0 Å². The van der Waals surface area contributed by atoms with Crippen LogP contribution in [0.25, 0.3) is 0 Å². The van der Waals surface area contributed by atoms with Crippen LogP contribution < -0.4 is 10.1 Å². The molecule has 5 heteroatoms. The zero-order valence-corrected chi connectivity index (χ0v) is 14.8. The highest BCUT2D eigenvalue weighted by atomic mass is 79.9. The molecule has 0 atom stereocenters. The van der Waals surface area contributed by atoms with Gasteiger partial charge >= 0.3 is 0 Å². The first-order valence-electron chi connectivity index (χ1n) is 6.08. The van der Waals surface area contributed by atoms with Crippen molar-refractivity contribution < 1.29 is 4.74 Å². The Hall–Kier alpha value is 0.290. The smallest absolute Gasteiger partial charge is 0.147 e. The van der Waals surface area contributed by atoms with Gasteiger partial charge < -0.3 is 10.1 Å². The maximum atomic E-state index is 5.79. The van der Waals surface area contributed by atoms with Gasteiger partial charge in [0.25, 0.3) is 0 Å². The van der Waals surface area contributed by atoms with Crippen LogP contribution >= 0.6 is 43.6 Å². The Bertz CT molecular complexity index is 351. The molecule has 0 aliphatic rings. The van der Waals surface area contributed by atoms with Crippen molar-refractivity contribution in [1.82, 2.24) is 5.32 Å². The van der Waals surface area contributed by atoms with Gasteiger partial charge in [0, 0.05) is 12.3 Å². The molecule has 0 radical (unpaired) electrons. The van der Waals surface area contributed by atoms with Gasteiger partial charge in [-0.2, -0.15) is 11.8 Å². The highest BCUT2D eigenvalue weighted by molar-refractivity contribution is 9.11. The molecule has 0 aliphatic heterocycles. The summed E-state index contributed by atoms with van der Waals surface area (Å²) in [5.74, 6) is 3.05. The molecule has 2 nitrogen and oxygen atoms in total. The third kappa shape index (κ3) is 5.51. The second kappa shape index (κ2) is 9.23. The van der Waals surface area contributed by atoms with Crippen LogP contribution in [-0.2, 0) is 6.54 Å². The summed E-state index contributed by atoms with van der Waals surface area (Å²) in [6.07, 6.45) is 0. The van der Waals surface area contributed by atoms with Crippen LogP contribution in [0.1, 0.15) is 19.4 Å². The third-order valence-corrected chi connectivity index (χ3v) is 4.36.